The predicted octanol–water partition coefficient (Wildman–Crippen LogP) is 15.0. The summed E-state index contributed by atoms with van der Waals surface area (Å²) in [7, 11) is 0. The van der Waals surface area contributed by atoms with Gasteiger partial charge in [0.05, 0.1) is 10.4 Å². The van der Waals surface area contributed by atoms with E-state index >= 15 is 0 Å². The summed E-state index contributed by atoms with van der Waals surface area (Å²) >= 11 is 1.75. The van der Waals surface area contributed by atoms with Crippen LogP contribution in [0.1, 0.15) is 105 Å². The van der Waals surface area contributed by atoms with Gasteiger partial charge in [-0.3, -0.25) is 4.98 Å². The Morgan fingerprint density at radius 2 is 1.16 bits per heavy atom. The number of nitrogens with zero attached hydrogens (tertiary/aromatic N) is 2. The van der Waals surface area contributed by atoms with Crippen LogP contribution in [0.2, 0.25) is 0 Å². The van der Waals surface area contributed by atoms with Gasteiger partial charge in [-0.15, -0.1) is 45.6 Å². The zero-order valence-electron chi connectivity index (χ0n) is 35.4. The molecule has 5 aromatic carbocycles. The van der Waals surface area contributed by atoms with Crippen molar-refractivity contribution >= 4 is 43.2 Å². The summed E-state index contributed by atoms with van der Waals surface area (Å²) in [5.74, 6) is 0. The molecular formula is C53H53AuN2S. The largest absolute Gasteiger partial charge is 3.00 e. The normalized spacial score (nSPS) is 12.8. The molecule has 0 atom stereocenters. The third-order valence-corrected chi connectivity index (χ3v) is 12.2. The zero-order valence-corrected chi connectivity index (χ0v) is 38.4. The SMILES string of the molecule is CC(C)(C)c1c[c-]c(-c2[c-]c(-c3cc4ccsc4c(-c4cc(C(C)(C)C)cc5c4[n-]c4ccc(C(C)(C)C)cc45)n3)cc(-c3ccc(C(C)(C)C)cc3)c2)cc1.[Au+3]. The molecule has 0 aliphatic carbocycles. The summed E-state index contributed by atoms with van der Waals surface area (Å²) < 4.78 is 1.17. The molecule has 8 aromatic rings. The van der Waals surface area contributed by atoms with Crippen LogP contribution in [0.3, 0.4) is 0 Å². The quantitative estimate of drug-likeness (QED) is 0.130. The molecule has 292 valence electrons. The van der Waals surface area contributed by atoms with E-state index in [1.165, 1.54) is 48.7 Å². The molecule has 0 spiro atoms. The van der Waals surface area contributed by atoms with E-state index in [0.717, 1.165) is 50.2 Å². The molecule has 8 rings (SSSR count). The smallest absolute Gasteiger partial charge is 0.656 e. The summed E-state index contributed by atoms with van der Waals surface area (Å²) in [6.07, 6.45) is 0. The Morgan fingerprint density at radius 1 is 0.544 bits per heavy atom. The molecule has 2 nitrogen and oxygen atoms in total. The van der Waals surface area contributed by atoms with Crippen LogP contribution in [0, 0.1) is 12.1 Å². The molecule has 0 fully saturated rings. The predicted molar refractivity (Wildman–Crippen MR) is 242 cm³/mol. The van der Waals surface area contributed by atoms with Gasteiger partial charge in [-0.25, -0.2) is 5.56 Å². The van der Waals surface area contributed by atoms with Gasteiger partial charge in [0.2, 0.25) is 0 Å². The minimum Gasteiger partial charge on any atom is -0.656 e. The Balaban J connectivity index is 0.00000496. The van der Waals surface area contributed by atoms with Crippen molar-refractivity contribution in [1.82, 2.24) is 9.97 Å². The zero-order chi connectivity index (χ0) is 39.9. The van der Waals surface area contributed by atoms with E-state index in [1.807, 2.05) is 0 Å². The van der Waals surface area contributed by atoms with Crippen molar-refractivity contribution < 1.29 is 22.4 Å². The van der Waals surface area contributed by atoms with E-state index in [-0.39, 0.29) is 44.0 Å². The van der Waals surface area contributed by atoms with Gasteiger partial charge in [0.25, 0.3) is 0 Å². The summed E-state index contributed by atoms with van der Waals surface area (Å²) in [5.41, 5.74) is 15.5. The van der Waals surface area contributed by atoms with Crippen molar-refractivity contribution in [3.05, 3.63) is 137 Å². The van der Waals surface area contributed by atoms with Crippen LogP contribution < -0.4 is 4.98 Å². The molecule has 0 aliphatic heterocycles. The van der Waals surface area contributed by atoms with Crippen LogP contribution in [0.5, 0.6) is 0 Å². The summed E-state index contributed by atoms with van der Waals surface area (Å²) in [6, 6.07) is 43.5. The molecule has 0 radical (unpaired) electrons. The average molecular weight is 947 g/mol. The average Bonchev–Trinajstić information content (AvgIpc) is 3.77. The second kappa shape index (κ2) is 14.5. The van der Waals surface area contributed by atoms with Crippen LogP contribution in [-0.4, -0.2) is 4.98 Å². The van der Waals surface area contributed by atoms with E-state index < -0.39 is 0 Å². The Morgan fingerprint density at radius 3 is 1.79 bits per heavy atom. The van der Waals surface area contributed by atoms with E-state index in [1.54, 1.807) is 11.3 Å². The first-order valence-corrected chi connectivity index (χ1v) is 20.8. The third-order valence-electron chi connectivity index (χ3n) is 11.2. The molecule has 3 heterocycles. The van der Waals surface area contributed by atoms with Gasteiger partial charge < -0.3 is 4.98 Å². The molecule has 0 amide bonds. The molecule has 3 aromatic heterocycles. The maximum absolute atomic E-state index is 5.61. The molecule has 4 heteroatoms. The fourth-order valence-electron chi connectivity index (χ4n) is 7.55. The van der Waals surface area contributed by atoms with Crippen molar-refractivity contribution in [3.8, 4) is 44.8 Å². The Labute approximate surface area is 359 Å². The first-order valence-electron chi connectivity index (χ1n) is 19.9. The third kappa shape index (κ3) is 7.97. The van der Waals surface area contributed by atoms with E-state index in [2.05, 4.69) is 198 Å². The van der Waals surface area contributed by atoms with Crippen molar-refractivity contribution in [2.45, 2.75) is 105 Å². The van der Waals surface area contributed by atoms with Crippen molar-refractivity contribution in [1.29, 1.82) is 0 Å². The monoisotopic (exact) mass is 946 g/mol. The number of rotatable bonds is 4. The van der Waals surface area contributed by atoms with Crippen LogP contribution >= 0.6 is 11.3 Å². The first-order chi connectivity index (χ1) is 26.2. The van der Waals surface area contributed by atoms with Gasteiger partial charge in [-0.1, -0.05) is 149 Å². The number of hydrogen-bond donors (Lipinski definition) is 0. The van der Waals surface area contributed by atoms with Crippen molar-refractivity contribution in [2.75, 3.05) is 0 Å². The topological polar surface area (TPSA) is 27.0 Å². The summed E-state index contributed by atoms with van der Waals surface area (Å²) in [5, 5.41) is 5.75. The van der Waals surface area contributed by atoms with Crippen LogP contribution in [-0.2, 0) is 44.0 Å². The summed E-state index contributed by atoms with van der Waals surface area (Å²) in [6.45, 7) is 27.2. The minimum atomic E-state index is -0.0705. The van der Waals surface area contributed by atoms with Gasteiger partial charge in [-0.2, -0.15) is 35.9 Å². The molecule has 0 aliphatic rings. The van der Waals surface area contributed by atoms with Crippen molar-refractivity contribution in [2.24, 2.45) is 0 Å². The Bertz CT molecular complexity index is 2680. The second-order valence-electron chi connectivity index (χ2n) is 19.7. The fourth-order valence-corrected chi connectivity index (χ4v) is 8.43. The Kier molecular flexibility index (Phi) is 10.4. The maximum atomic E-state index is 5.61. The fraction of sp³-hybridized carbons (Fsp3) is 0.302. The van der Waals surface area contributed by atoms with Crippen LogP contribution in [0.15, 0.2) is 102 Å². The standard InChI is InChI=1S/C53H53N2S.Au/c1-50(2,3)38-17-13-32(14-18-38)35-25-36(33-15-19-39(20-16-33)51(4,5)6)27-37(26-35)46-28-34-23-24-56-49(34)48(55-46)44-31-41(53(10,11)12)30-43-42-29-40(52(7,8)9)21-22-45(42)54-47(43)44;/h13-15,17-26,28-31H,1-12H3;/q-3;+3. The number of thiophene rings is 1. The number of hydrogen-bond acceptors (Lipinski definition) is 2. The molecule has 0 saturated carbocycles. The minimum absolute atomic E-state index is 0. The van der Waals surface area contributed by atoms with Crippen LogP contribution in [0.25, 0.3) is 76.7 Å². The molecule has 0 bridgehead atoms. The number of fused-ring (bicyclic) bond motifs is 4. The van der Waals surface area contributed by atoms with E-state index in [9.17, 15) is 0 Å². The van der Waals surface area contributed by atoms with Gasteiger partial charge in [0.15, 0.2) is 0 Å². The van der Waals surface area contributed by atoms with Gasteiger partial charge in [0.1, 0.15) is 0 Å². The van der Waals surface area contributed by atoms with E-state index in [0.29, 0.717) is 0 Å². The maximum Gasteiger partial charge on any atom is 3.00 e. The molecule has 0 N–H and O–H groups in total. The van der Waals surface area contributed by atoms with Gasteiger partial charge in [0, 0.05) is 5.69 Å². The second-order valence-corrected chi connectivity index (χ2v) is 20.6. The number of benzene rings is 5. The van der Waals surface area contributed by atoms with Crippen LogP contribution in [0.4, 0.5) is 0 Å². The van der Waals surface area contributed by atoms with Crippen molar-refractivity contribution in [3.63, 3.8) is 0 Å². The number of pyridine rings is 1. The summed E-state index contributed by atoms with van der Waals surface area (Å²) in [4.78, 5) is 10.9. The molecule has 57 heavy (non-hydrogen) atoms. The molecule has 0 unspecified atom stereocenters. The first kappa shape index (κ1) is 40.9. The molecular weight excluding hydrogens is 894 g/mol. The molecule has 0 saturated heterocycles. The van der Waals surface area contributed by atoms with Gasteiger partial charge >= 0.3 is 22.4 Å². The van der Waals surface area contributed by atoms with Gasteiger partial charge in [-0.05, 0) is 77.1 Å². The number of aromatic nitrogens is 2. The Hall–Kier alpha value is -4.25. The van der Waals surface area contributed by atoms with E-state index in [4.69, 9.17) is 9.97 Å².